The van der Waals surface area contributed by atoms with Crippen LogP contribution in [-0.4, -0.2) is 29.7 Å². The molecule has 5 nitrogen and oxygen atoms in total. The number of carbonyl (C=O) groups excluding carboxylic acids is 1. The molecule has 1 fully saturated rings. The van der Waals surface area contributed by atoms with Gasteiger partial charge in [0.15, 0.2) is 0 Å². The molecule has 0 aromatic heterocycles. The molecule has 0 spiro atoms. The van der Waals surface area contributed by atoms with Crippen LogP contribution >= 0.6 is 0 Å². The number of amides is 2. The van der Waals surface area contributed by atoms with Gasteiger partial charge < -0.3 is 15.7 Å². The second-order valence-electron chi connectivity index (χ2n) is 2.08. The Morgan fingerprint density at radius 1 is 1.70 bits per heavy atom. The van der Waals surface area contributed by atoms with Gasteiger partial charge >= 0.3 is 12.0 Å². The third-order valence-electron chi connectivity index (χ3n) is 1.32. The minimum atomic E-state index is -0.977. The maximum Gasteiger partial charge on any atom is 0.326 e. The number of carbonyl (C=O) groups is 2. The fraction of sp³-hybridized carbons (Fsp3) is 0.600. The van der Waals surface area contributed by atoms with Gasteiger partial charge in [-0.05, 0) is 6.42 Å². The van der Waals surface area contributed by atoms with Crippen molar-refractivity contribution in [2.45, 2.75) is 12.5 Å². The summed E-state index contributed by atoms with van der Waals surface area (Å²) in [5.74, 6) is -0.977. The largest absolute Gasteiger partial charge is 0.480 e. The fourth-order valence-corrected chi connectivity index (χ4v) is 0.797. The molecule has 0 bridgehead atoms. The first-order chi connectivity index (χ1) is 4.70. The molecule has 1 atom stereocenters. The predicted octanol–water partition coefficient (Wildman–Crippen LogP) is -0.858. The standard InChI is InChI=1S/C5H8N2O3/c8-4(9)3-1-2-6-5(10)7-3/h3H,1-2H2,(H,8,9)(H2,6,7,10)/t3-/m1/s1. The summed E-state index contributed by atoms with van der Waals surface area (Å²) in [7, 11) is 0. The molecule has 1 rings (SSSR count). The maximum atomic E-state index is 10.5. The average molecular weight is 144 g/mol. The number of nitrogens with one attached hydrogen (secondary N) is 2. The second kappa shape index (κ2) is 2.55. The molecule has 1 saturated heterocycles. The topological polar surface area (TPSA) is 78.4 Å². The zero-order chi connectivity index (χ0) is 7.56. The van der Waals surface area contributed by atoms with E-state index in [-0.39, 0.29) is 0 Å². The van der Waals surface area contributed by atoms with E-state index in [4.69, 9.17) is 5.11 Å². The summed E-state index contributed by atoms with van der Waals surface area (Å²) in [4.78, 5) is 20.7. The molecule has 2 amide bonds. The molecule has 0 aliphatic carbocycles. The molecular formula is C5H8N2O3. The number of carboxylic acids is 1. The molecule has 0 radical (unpaired) electrons. The van der Waals surface area contributed by atoms with Crippen molar-refractivity contribution in [1.82, 2.24) is 10.6 Å². The number of hydrogen-bond donors (Lipinski definition) is 3. The zero-order valence-corrected chi connectivity index (χ0v) is 5.26. The Balaban J connectivity index is 2.47. The highest BCUT2D eigenvalue weighted by atomic mass is 16.4. The summed E-state index contributed by atoms with van der Waals surface area (Å²) in [6.07, 6.45) is 0.446. The first kappa shape index (κ1) is 6.85. The van der Waals surface area contributed by atoms with E-state index in [2.05, 4.69) is 10.6 Å². The number of hydrogen-bond acceptors (Lipinski definition) is 2. The van der Waals surface area contributed by atoms with Crippen LogP contribution in [0.15, 0.2) is 0 Å². The Bertz CT molecular complexity index is 166. The minimum Gasteiger partial charge on any atom is -0.480 e. The second-order valence-corrected chi connectivity index (χ2v) is 2.08. The first-order valence-corrected chi connectivity index (χ1v) is 2.97. The van der Waals surface area contributed by atoms with Crippen molar-refractivity contribution in [2.24, 2.45) is 0 Å². The fourth-order valence-electron chi connectivity index (χ4n) is 0.797. The van der Waals surface area contributed by atoms with Gasteiger partial charge in [0.25, 0.3) is 0 Å². The van der Waals surface area contributed by atoms with Crippen LogP contribution in [-0.2, 0) is 4.79 Å². The van der Waals surface area contributed by atoms with Gasteiger partial charge in [-0.15, -0.1) is 0 Å². The van der Waals surface area contributed by atoms with Crippen LogP contribution in [0, 0.1) is 0 Å². The average Bonchev–Trinajstić information content (AvgIpc) is 1.88. The number of aliphatic carboxylic acids is 1. The van der Waals surface area contributed by atoms with E-state index >= 15 is 0 Å². The third kappa shape index (κ3) is 1.37. The molecule has 1 aliphatic rings. The quantitative estimate of drug-likeness (QED) is 0.448. The number of urea groups is 1. The highest BCUT2D eigenvalue weighted by Gasteiger charge is 2.22. The molecule has 0 unspecified atom stereocenters. The Kier molecular flexibility index (Phi) is 1.75. The van der Waals surface area contributed by atoms with Gasteiger partial charge in [-0.1, -0.05) is 0 Å². The van der Waals surface area contributed by atoms with E-state index in [1.165, 1.54) is 0 Å². The van der Waals surface area contributed by atoms with Crippen LogP contribution in [0.25, 0.3) is 0 Å². The van der Waals surface area contributed by atoms with Gasteiger partial charge in [-0.2, -0.15) is 0 Å². The predicted molar refractivity (Wildman–Crippen MR) is 32.6 cm³/mol. The summed E-state index contributed by atoms with van der Waals surface area (Å²) < 4.78 is 0. The van der Waals surface area contributed by atoms with Crippen molar-refractivity contribution in [3.8, 4) is 0 Å². The lowest BCUT2D eigenvalue weighted by atomic mass is 10.2. The smallest absolute Gasteiger partial charge is 0.326 e. The number of rotatable bonds is 1. The molecule has 0 aromatic rings. The Labute approximate surface area is 57.4 Å². The Morgan fingerprint density at radius 2 is 2.40 bits per heavy atom. The van der Waals surface area contributed by atoms with E-state index in [0.29, 0.717) is 13.0 Å². The lowest BCUT2D eigenvalue weighted by Crippen LogP contribution is -2.52. The highest BCUT2D eigenvalue weighted by molar-refractivity contribution is 5.83. The van der Waals surface area contributed by atoms with E-state index in [1.807, 2.05) is 0 Å². The van der Waals surface area contributed by atoms with Crippen molar-refractivity contribution in [3.05, 3.63) is 0 Å². The van der Waals surface area contributed by atoms with Gasteiger partial charge in [0.05, 0.1) is 0 Å². The van der Waals surface area contributed by atoms with Crippen molar-refractivity contribution in [2.75, 3.05) is 6.54 Å². The Hall–Kier alpha value is -1.26. The van der Waals surface area contributed by atoms with Crippen molar-refractivity contribution in [3.63, 3.8) is 0 Å². The first-order valence-electron chi connectivity index (χ1n) is 2.97. The van der Waals surface area contributed by atoms with Crippen molar-refractivity contribution < 1.29 is 14.7 Å². The monoisotopic (exact) mass is 144 g/mol. The normalized spacial score (nSPS) is 24.8. The highest BCUT2D eigenvalue weighted by Crippen LogP contribution is 1.95. The van der Waals surface area contributed by atoms with Gasteiger partial charge in [0.1, 0.15) is 6.04 Å². The van der Waals surface area contributed by atoms with Crippen molar-refractivity contribution in [1.29, 1.82) is 0 Å². The number of carboxylic acid groups (broad SMARTS) is 1. The summed E-state index contributed by atoms with van der Waals surface area (Å²) in [5, 5.41) is 13.1. The lowest BCUT2D eigenvalue weighted by Gasteiger charge is -2.20. The van der Waals surface area contributed by atoms with Gasteiger partial charge in [-0.25, -0.2) is 9.59 Å². The Morgan fingerprint density at radius 3 is 2.80 bits per heavy atom. The molecule has 1 aliphatic heterocycles. The van der Waals surface area contributed by atoms with Gasteiger partial charge in [0, 0.05) is 6.54 Å². The molecular weight excluding hydrogens is 136 g/mol. The van der Waals surface area contributed by atoms with Crippen LogP contribution in [0.2, 0.25) is 0 Å². The molecule has 3 N–H and O–H groups in total. The lowest BCUT2D eigenvalue weighted by molar-refractivity contribution is -0.139. The molecule has 56 valence electrons. The van der Waals surface area contributed by atoms with E-state index in [0.717, 1.165) is 0 Å². The van der Waals surface area contributed by atoms with Crippen LogP contribution in [0.5, 0.6) is 0 Å². The molecule has 0 saturated carbocycles. The van der Waals surface area contributed by atoms with E-state index < -0.39 is 18.0 Å². The van der Waals surface area contributed by atoms with Gasteiger partial charge in [0.2, 0.25) is 0 Å². The molecule has 10 heavy (non-hydrogen) atoms. The SMILES string of the molecule is O=C1NCC[C@H](C(=O)O)N1. The van der Waals surface area contributed by atoms with Crippen molar-refractivity contribution >= 4 is 12.0 Å². The molecule has 1 heterocycles. The van der Waals surface area contributed by atoms with Crippen LogP contribution in [0.1, 0.15) is 6.42 Å². The third-order valence-corrected chi connectivity index (χ3v) is 1.32. The summed E-state index contributed by atoms with van der Waals surface area (Å²) in [5.41, 5.74) is 0. The molecule has 0 aromatic carbocycles. The summed E-state index contributed by atoms with van der Waals surface area (Å²) >= 11 is 0. The van der Waals surface area contributed by atoms with E-state index in [1.54, 1.807) is 0 Å². The van der Waals surface area contributed by atoms with Crippen LogP contribution < -0.4 is 10.6 Å². The van der Waals surface area contributed by atoms with Crippen LogP contribution in [0.3, 0.4) is 0 Å². The van der Waals surface area contributed by atoms with Crippen LogP contribution in [0.4, 0.5) is 4.79 Å². The van der Waals surface area contributed by atoms with E-state index in [9.17, 15) is 9.59 Å². The summed E-state index contributed by atoms with van der Waals surface area (Å²) in [6, 6.07) is -1.12. The minimum absolute atomic E-state index is 0.404. The summed E-state index contributed by atoms with van der Waals surface area (Å²) in [6.45, 7) is 0.433. The zero-order valence-electron chi connectivity index (χ0n) is 5.26. The molecule has 5 heteroatoms. The van der Waals surface area contributed by atoms with Gasteiger partial charge in [-0.3, -0.25) is 0 Å². The maximum absolute atomic E-state index is 10.5.